The highest BCUT2D eigenvalue weighted by molar-refractivity contribution is 6.24. The van der Waals surface area contributed by atoms with Crippen molar-refractivity contribution in [2.45, 2.75) is 38.8 Å². The van der Waals surface area contributed by atoms with E-state index in [0.29, 0.717) is 23.1 Å². The molecule has 188 valence electrons. The number of carbonyl (C=O) groups excluding carboxylic acids is 4. The summed E-state index contributed by atoms with van der Waals surface area (Å²) in [6.07, 6.45) is 0.464. The predicted molar refractivity (Wildman–Crippen MR) is 129 cm³/mol. The standard InChI is InChI=1S/C27H28N2O7/c1-5-14(2)27(26(34)35)21-20(22(28-27)17-6-8-18(9-7-17)25(33)36-4)23(31)29(24(21)32)19-12-10-16(11-13-19)15(3)30/h6-14,20-22,28H,5H2,1-4H3,(H,34,35). The summed E-state index contributed by atoms with van der Waals surface area (Å²) in [5, 5.41) is 13.6. The molecule has 2 amide bonds. The van der Waals surface area contributed by atoms with Crippen molar-refractivity contribution in [3.05, 3.63) is 65.2 Å². The number of Topliss-reactive ketones (excluding diaryl/α,β-unsaturated/α-hetero) is 1. The number of rotatable bonds is 7. The first kappa shape index (κ1) is 25.2. The highest BCUT2D eigenvalue weighted by atomic mass is 16.5. The number of methoxy groups -OCH3 is 1. The number of esters is 1. The molecule has 9 nitrogen and oxygen atoms in total. The van der Waals surface area contributed by atoms with Crippen LogP contribution in [0.15, 0.2) is 48.5 Å². The number of carbonyl (C=O) groups is 5. The Morgan fingerprint density at radius 2 is 1.61 bits per heavy atom. The monoisotopic (exact) mass is 492 g/mol. The van der Waals surface area contributed by atoms with Gasteiger partial charge in [-0.15, -0.1) is 0 Å². The zero-order valence-corrected chi connectivity index (χ0v) is 20.5. The molecule has 0 aliphatic carbocycles. The van der Waals surface area contributed by atoms with Gasteiger partial charge in [0, 0.05) is 11.6 Å². The van der Waals surface area contributed by atoms with Crippen LogP contribution in [0.3, 0.4) is 0 Å². The second kappa shape index (κ2) is 9.31. The highest BCUT2D eigenvalue weighted by Crippen LogP contribution is 2.52. The number of anilines is 1. The Kier molecular flexibility index (Phi) is 6.53. The van der Waals surface area contributed by atoms with Crippen LogP contribution in [-0.4, -0.2) is 47.3 Å². The van der Waals surface area contributed by atoms with E-state index < -0.39 is 53.1 Å². The van der Waals surface area contributed by atoms with Crippen LogP contribution in [0, 0.1) is 17.8 Å². The molecule has 2 saturated heterocycles. The van der Waals surface area contributed by atoms with Crippen LogP contribution >= 0.6 is 0 Å². The number of hydrogen-bond donors (Lipinski definition) is 2. The van der Waals surface area contributed by atoms with Crippen LogP contribution in [0.2, 0.25) is 0 Å². The highest BCUT2D eigenvalue weighted by Gasteiger charge is 2.70. The lowest BCUT2D eigenvalue weighted by Gasteiger charge is -2.36. The first-order valence-electron chi connectivity index (χ1n) is 11.8. The molecular formula is C27H28N2O7. The van der Waals surface area contributed by atoms with Gasteiger partial charge in [-0.25, -0.2) is 9.69 Å². The molecule has 2 aliphatic heterocycles. The molecule has 4 rings (SSSR count). The van der Waals surface area contributed by atoms with Crippen LogP contribution in [0.1, 0.15) is 59.5 Å². The van der Waals surface area contributed by atoms with Crippen LogP contribution in [0.4, 0.5) is 5.69 Å². The van der Waals surface area contributed by atoms with E-state index in [9.17, 15) is 29.1 Å². The fourth-order valence-corrected chi connectivity index (χ4v) is 5.45. The lowest BCUT2D eigenvalue weighted by atomic mass is 9.72. The van der Waals surface area contributed by atoms with Crippen molar-refractivity contribution in [2.75, 3.05) is 12.0 Å². The molecule has 9 heteroatoms. The first-order chi connectivity index (χ1) is 17.1. The molecule has 5 unspecified atom stereocenters. The van der Waals surface area contributed by atoms with Gasteiger partial charge < -0.3 is 9.84 Å². The molecule has 0 saturated carbocycles. The number of benzene rings is 2. The molecule has 2 aliphatic rings. The van der Waals surface area contributed by atoms with Crippen LogP contribution in [0.25, 0.3) is 0 Å². The third kappa shape index (κ3) is 3.71. The van der Waals surface area contributed by atoms with Crippen molar-refractivity contribution in [3.63, 3.8) is 0 Å². The van der Waals surface area contributed by atoms with Crippen molar-refractivity contribution in [3.8, 4) is 0 Å². The Hall–Kier alpha value is -3.85. The van der Waals surface area contributed by atoms with Gasteiger partial charge in [-0.2, -0.15) is 0 Å². The van der Waals surface area contributed by atoms with Crippen LogP contribution in [-0.2, 0) is 19.1 Å². The minimum absolute atomic E-state index is 0.154. The Morgan fingerprint density at radius 3 is 2.11 bits per heavy atom. The fourth-order valence-electron chi connectivity index (χ4n) is 5.45. The molecule has 5 atom stereocenters. The molecule has 0 spiro atoms. The number of ketones is 1. The summed E-state index contributed by atoms with van der Waals surface area (Å²) in [7, 11) is 1.27. The van der Waals surface area contributed by atoms with Gasteiger partial charge in [-0.1, -0.05) is 32.4 Å². The van der Waals surface area contributed by atoms with Crippen LogP contribution < -0.4 is 10.2 Å². The third-order valence-electron chi connectivity index (χ3n) is 7.56. The summed E-state index contributed by atoms with van der Waals surface area (Å²) in [4.78, 5) is 64.9. The summed E-state index contributed by atoms with van der Waals surface area (Å²) in [5.41, 5.74) is -0.0658. The van der Waals surface area contributed by atoms with E-state index in [-0.39, 0.29) is 11.5 Å². The van der Waals surface area contributed by atoms with Gasteiger partial charge in [0.1, 0.15) is 5.54 Å². The maximum atomic E-state index is 13.8. The first-order valence-corrected chi connectivity index (χ1v) is 11.8. The van der Waals surface area contributed by atoms with Crippen molar-refractivity contribution >= 4 is 35.2 Å². The van der Waals surface area contributed by atoms with Crippen molar-refractivity contribution in [1.82, 2.24) is 5.32 Å². The lowest BCUT2D eigenvalue weighted by molar-refractivity contribution is -0.151. The number of amides is 2. The number of carboxylic acid groups (broad SMARTS) is 1. The topological polar surface area (TPSA) is 130 Å². The smallest absolute Gasteiger partial charge is 0.337 e. The van der Waals surface area contributed by atoms with Gasteiger partial charge >= 0.3 is 11.9 Å². The zero-order valence-electron chi connectivity index (χ0n) is 20.5. The SMILES string of the molecule is CCC(C)C1(C(=O)O)NC(c2ccc(C(=O)OC)cc2)C2C(=O)N(c3ccc(C(C)=O)cc3)C(=O)C21. The van der Waals surface area contributed by atoms with E-state index in [1.165, 1.54) is 38.3 Å². The number of fused-ring (bicyclic) bond motifs is 1. The lowest BCUT2D eigenvalue weighted by Crippen LogP contribution is -2.59. The van der Waals surface area contributed by atoms with E-state index in [1.54, 1.807) is 31.2 Å². The number of ether oxygens (including phenoxy) is 1. The average Bonchev–Trinajstić information content (AvgIpc) is 3.37. The maximum Gasteiger partial charge on any atom is 0.337 e. The number of imide groups is 1. The quantitative estimate of drug-likeness (QED) is 0.343. The Morgan fingerprint density at radius 1 is 1.03 bits per heavy atom. The zero-order chi connectivity index (χ0) is 26.4. The Balaban J connectivity index is 1.82. The summed E-state index contributed by atoms with van der Waals surface area (Å²) < 4.78 is 4.74. The molecular weight excluding hydrogens is 464 g/mol. The number of aliphatic carboxylic acids is 1. The normalized spacial score (nSPS) is 26.0. The van der Waals surface area contributed by atoms with Crippen LogP contribution in [0.5, 0.6) is 0 Å². The molecule has 2 fully saturated rings. The van der Waals surface area contributed by atoms with E-state index in [1.807, 2.05) is 6.92 Å². The molecule has 2 aromatic carbocycles. The number of carboxylic acids is 1. The number of nitrogens with one attached hydrogen (secondary N) is 1. The fraction of sp³-hybridized carbons (Fsp3) is 0.370. The van der Waals surface area contributed by atoms with Crippen molar-refractivity contribution in [2.24, 2.45) is 17.8 Å². The number of hydrogen-bond acceptors (Lipinski definition) is 7. The van der Waals surface area contributed by atoms with Gasteiger partial charge in [-0.3, -0.25) is 24.5 Å². The summed E-state index contributed by atoms with van der Waals surface area (Å²) in [6.45, 7) is 5.01. The maximum absolute atomic E-state index is 13.8. The van der Waals surface area contributed by atoms with Crippen molar-refractivity contribution < 1.29 is 33.8 Å². The minimum atomic E-state index is -1.67. The second-order valence-electron chi connectivity index (χ2n) is 9.34. The van der Waals surface area contributed by atoms with Gasteiger partial charge in [0.05, 0.1) is 30.2 Å². The summed E-state index contributed by atoms with van der Waals surface area (Å²) in [5.74, 6) is -5.57. The molecule has 36 heavy (non-hydrogen) atoms. The Labute approximate surface area is 208 Å². The van der Waals surface area contributed by atoms with E-state index in [0.717, 1.165) is 4.90 Å². The van der Waals surface area contributed by atoms with Gasteiger partial charge in [0.2, 0.25) is 11.8 Å². The van der Waals surface area contributed by atoms with E-state index in [2.05, 4.69) is 5.32 Å². The predicted octanol–water partition coefficient (Wildman–Crippen LogP) is 3.00. The average molecular weight is 493 g/mol. The molecule has 2 N–H and O–H groups in total. The van der Waals surface area contributed by atoms with Gasteiger partial charge in [0.15, 0.2) is 5.78 Å². The number of nitrogens with zero attached hydrogens (tertiary/aromatic N) is 1. The largest absolute Gasteiger partial charge is 0.480 e. The second-order valence-corrected chi connectivity index (χ2v) is 9.34. The van der Waals surface area contributed by atoms with Crippen molar-refractivity contribution in [1.29, 1.82) is 0 Å². The molecule has 0 radical (unpaired) electrons. The molecule has 2 heterocycles. The van der Waals surface area contributed by atoms with Gasteiger partial charge in [0.25, 0.3) is 0 Å². The molecule has 0 aromatic heterocycles. The minimum Gasteiger partial charge on any atom is -0.480 e. The Bertz CT molecular complexity index is 1240. The summed E-state index contributed by atoms with van der Waals surface area (Å²) >= 11 is 0. The van der Waals surface area contributed by atoms with Gasteiger partial charge in [-0.05, 0) is 54.8 Å². The molecule has 0 bridgehead atoms. The third-order valence-corrected chi connectivity index (χ3v) is 7.56. The molecule has 2 aromatic rings. The van der Waals surface area contributed by atoms with E-state index in [4.69, 9.17) is 4.74 Å². The summed E-state index contributed by atoms with van der Waals surface area (Å²) in [6, 6.07) is 11.7. The van der Waals surface area contributed by atoms with E-state index >= 15 is 0 Å².